The van der Waals surface area contributed by atoms with Crippen molar-refractivity contribution in [2.75, 3.05) is 6.61 Å². The lowest BCUT2D eigenvalue weighted by Crippen LogP contribution is -2.45. The fourth-order valence-corrected chi connectivity index (χ4v) is 3.26. The van der Waals surface area contributed by atoms with Gasteiger partial charge in [0, 0.05) is 12.2 Å². The van der Waals surface area contributed by atoms with Crippen LogP contribution in [0.4, 0.5) is 0 Å². The van der Waals surface area contributed by atoms with E-state index in [4.69, 9.17) is 9.72 Å². The van der Waals surface area contributed by atoms with E-state index in [9.17, 15) is 4.79 Å². The molecule has 5 nitrogen and oxygen atoms in total. The quantitative estimate of drug-likeness (QED) is 0.810. The van der Waals surface area contributed by atoms with Crippen molar-refractivity contribution in [1.29, 1.82) is 0 Å². The van der Waals surface area contributed by atoms with Crippen LogP contribution in [0.5, 0.6) is 0 Å². The summed E-state index contributed by atoms with van der Waals surface area (Å²) in [6.07, 6.45) is 6.82. The molecule has 0 unspecified atom stereocenters. The van der Waals surface area contributed by atoms with E-state index in [-0.39, 0.29) is 5.97 Å². The van der Waals surface area contributed by atoms with Crippen molar-refractivity contribution < 1.29 is 9.53 Å². The van der Waals surface area contributed by atoms with Crippen LogP contribution in [-0.2, 0) is 14.9 Å². The monoisotopic (exact) mass is 285 g/mol. The summed E-state index contributed by atoms with van der Waals surface area (Å²) in [6, 6.07) is 4.32. The third-order valence-corrected chi connectivity index (χ3v) is 4.66. The number of aromatic nitrogens is 3. The molecule has 21 heavy (non-hydrogen) atoms. The molecule has 0 atom stereocenters. The molecule has 2 saturated carbocycles. The Morgan fingerprint density at radius 3 is 2.90 bits per heavy atom. The number of pyridine rings is 1. The van der Waals surface area contributed by atoms with Gasteiger partial charge in [-0.1, -0.05) is 6.42 Å². The number of rotatable bonds is 4. The van der Waals surface area contributed by atoms with Crippen LogP contribution >= 0.6 is 0 Å². The number of nitrogens with zero attached hydrogens (tertiary/aromatic N) is 3. The molecular formula is C16H19N3O2. The minimum atomic E-state index is -0.542. The molecule has 2 heterocycles. The molecule has 110 valence electrons. The largest absolute Gasteiger partial charge is 0.465 e. The first-order valence-electron chi connectivity index (χ1n) is 7.77. The van der Waals surface area contributed by atoms with Crippen LogP contribution in [-0.4, -0.2) is 27.1 Å². The minimum Gasteiger partial charge on any atom is -0.465 e. The van der Waals surface area contributed by atoms with Crippen molar-refractivity contribution >= 4 is 17.1 Å². The Morgan fingerprint density at radius 1 is 1.48 bits per heavy atom. The van der Waals surface area contributed by atoms with Gasteiger partial charge in [-0.25, -0.2) is 9.97 Å². The fraction of sp³-hybridized carbons (Fsp3) is 0.562. The van der Waals surface area contributed by atoms with Gasteiger partial charge in [-0.05, 0) is 44.7 Å². The molecule has 5 heteroatoms. The maximum absolute atomic E-state index is 12.5. The van der Waals surface area contributed by atoms with Crippen LogP contribution in [0, 0.1) is 0 Å². The second kappa shape index (κ2) is 4.55. The second-order valence-corrected chi connectivity index (χ2v) is 6.04. The summed E-state index contributed by atoms with van der Waals surface area (Å²) in [5.41, 5.74) is 1.25. The summed E-state index contributed by atoms with van der Waals surface area (Å²) in [5, 5.41) is 0. The molecule has 0 spiro atoms. The lowest BCUT2D eigenvalue weighted by Gasteiger charge is -2.38. The summed E-state index contributed by atoms with van der Waals surface area (Å²) in [4.78, 5) is 21.8. The number of ether oxygens (including phenoxy) is 1. The molecule has 0 aromatic carbocycles. The summed E-state index contributed by atoms with van der Waals surface area (Å²) in [5.74, 6) is 0.761. The van der Waals surface area contributed by atoms with Crippen molar-refractivity contribution in [2.24, 2.45) is 0 Å². The summed E-state index contributed by atoms with van der Waals surface area (Å²) < 4.78 is 7.54. The first kappa shape index (κ1) is 12.8. The van der Waals surface area contributed by atoms with Crippen molar-refractivity contribution in [3.8, 4) is 0 Å². The summed E-state index contributed by atoms with van der Waals surface area (Å²) >= 11 is 0. The highest BCUT2D eigenvalue weighted by atomic mass is 16.5. The van der Waals surface area contributed by atoms with E-state index in [0.717, 1.165) is 49.1 Å². The average Bonchev–Trinajstić information content (AvgIpc) is 3.19. The maximum atomic E-state index is 12.5. The highest BCUT2D eigenvalue weighted by molar-refractivity contribution is 5.85. The van der Waals surface area contributed by atoms with E-state index in [1.54, 1.807) is 6.20 Å². The molecule has 0 amide bonds. The van der Waals surface area contributed by atoms with Gasteiger partial charge >= 0.3 is 5.97 Å². The Labute approximate surface area is 123 Å². The van der Waals surface area contributed by atoms with Crippen LogP contribution in [0.25, 0.3) is 11.2 Å². The Hall–Kier alpha value is -1.91. The van der Waals surface area contributed by atoms with Gasteiger partial charge in [-0.3, -0.25) is 4.79 Å². The van der Waals surface area contributed by atoms with E-state index in [2.05, 4.69) is 9.55 Å². The van der Waals surface area contributed by atoms with Gasteiger partial charge in [-0.15, -0.1) is 0 Å². The normalized spacial score (nSPS) is 20.2. The summed E-state index contributed by atoms with van der Waals surface area (Å²) in [7, 11) is 0. The first-order valence-corrected chi connectivity index (χ1v) is 7.77. The Kier molecular flexibility index (Phi) is 2.77. The maximum Gasteiger partial charge on any atom is 0.319 e. The zero-order valence-electron chi connectivity index (χ0n) is 12.2. The molecule has 2 fully saturated rings. The van der Waals surface area contributed by atoms with E-state index >= 15 is 0 Å². The lowest BCUT2D eigenvalue weighted by atomic mass is 9.68. The van der Waals surface area contributed by atoms with Gasteiger partial charge in [0.1, 0.15) is 16.8 Å². The number of hydrogen-bond acceptors (Lipinski definition) is 4. The SMILES string of the molecule is CCOC(=O)C1(c2nc3cccnc3n2C2CC2)CCC1. The zero-order valence-corrected chi connectivity index (χ0v) is 12.2. The Bertz CT molecular complexity index is 699. The highest BCUT2D eigenvalue weighted by Gasteiger charge is 2.52. The molecule has 0 N–H and O–H groups in total. The molecule has 2 aromatic rings. The van der Waals surface area contributed by atoms with E-state index in [1.807, 2.05) is 19.1 Å². The van der Waals surface area contributed by atoms with Crippen LogP contribution in [0.2, 0.25) is 0 Å². The van der Waals surface area contributed by atoms with Gasteiger partial charge < -0.3 is 9.30 Å². The number of fused-ring (bicyclic) bond motifs is 1. The van der Waals surface area contributed by atoms with Gasteiger partial charge in [-0.2, -0.15) is 0 Å². The Morgan fingerprint density at radius 2 is 2.29 bits per heavy atom. The molecule has 2 aliphatic carbocycles. The number of hydrogen-bond donors (Lipinski definition) is 0. The molecule has 0 saturated heterocycles. The van der Waals surface area contributed by atoms with Gasteiger partial charge in [0.15, 0.2) is 5.65 Å². The van der Waals surface area contributed by atoms with Crippen molar-refractivity contribution in [1.82, 2.24) is 14.5 Å². The van der Waals surface area contributed by atoms with Crippen LogP contribution in [0.3, 0.4) is 0 Å². The van der Waals surface area contributed by atoms with Gasteiger partial charge in [0.2, 0.25) is 0 Å². The third-order valence-electron chi connectivity index (χ3n) is 4.66. The van der Waals surface area contributed by atoms with Crippen LogP contribution < -0.4 is 0 Å². The smallest absolute Gasteiger partial charge is 0.319 e. The average molecular weight is 285 g/mol. The van der Waals surface area contributed by atoms with Gasteiger partial charge in [0.05, 0.1) is 6.61 Å². The molecule has 0 radical (unpaired) electrons. The second-order valence-electron chi connectivity index (χ2n) is 6.04. The standard InChI is InChI=1S/C16H19N3O2/c1-2-21-15(20)16(8-4-9-16)14-18-12-5-3-10-17-13(12)19(14)11-6-7-11/h3,5,10-11H,2,4,6-9H2,1H3. The van der Waals surface area contributed by atoms with Crippen LogP contribution in [0.1, 0.15) is 50.9 Å². The third kappa shape index (κ3) is 1.79. The number of imidazole rings is 1. The molecule has 2 aromatic heterocycles. The molecule has 2 aliphatic rings. The number of carbonyl (C=O) groups excluding carboxylic acids is 1. The van der Waals surface area contributed by atoms with E-state index in [0.29, 0.717) is 12.6 Å². The molecular weight excluding hydrogens is 266 g/mol. The van der Waals surface area contributed by atoms with E-state index in [1.165, 1.54) is 0 Å². The summed E-state index contributed by atoms with van der Waals surface area (Å²) in [6.45, 7) is 2.28. The fourth-order valence-electron chi connectivity index (χ4n) is 3.26. The van der Waals surface area contributed by atoms with E-state index < -0.39 is 5.41 Å². The van der Waals surface area contributed by atoms with Crippen molar-refractivity contribution in [3.63, 3.8) is 0 Å². The topological polar surface area (TPSA) is 57.0 Å². The number of esters is 1. The predicted octanol–water partition coefficient (Wildman–Crippen LogP) is 2.75. The molecule has 0 bridgehead atoms. The van der Waals surface area contributed by atoms with Gasteiger partial charge in [0.25, 0.3) is 0 Å². The molecule has 0 aliphatic heterocycles. The zero-order chi connectivity index (χ0) is 14.4. The lowest BCUT2D eigenvalue weighted by molar-refractivity contribution is -0.154. The van der Waals surface area contributed by atoms with Crippen molar-refractivity contribution in [2.45, 2.75) is 50.5 Å². The first-order chi connectivity index (χ1) is 10.3. The minimum absolute atomic E-state index is 0.117. The number of carbonyl (C=O) groups is 1. The Balaban J connectivity index is 1.88. The molecule has 4 rings (SSSR count). The predicted molar refractivity (Wildman–Crippen MR) is 78.0 cm³/mol. The van der Waals surface area contributed by atoms with Crippen molar-refractivity contribution in [3.05, 3.63) is 24.2 Å². The van der Waals surface area contributed by atoms with Crippen LogP contribution in [0.15, 0.2) is 18.3 Å². The highest BCUT2D eigenvalue weighted by Crippen LogP contribution is 2.48.